The van der Waals surface area contributed by atoms with Crippen LogP contribution in [0.1, 0.15) is 19.4 Å². The molecule has 3 rings (SSSR count). The Morgan fingerprint density at radius 3 is 2.09 bits per heavy atom. The Bertz CT molecular complexity index is 1370. The molecule has 0 aliphatic heterocycles. The lowest BCUT2D eigenvalue weighted by atomic mass is 10.00. The molecule has 178 valence electrons. The molecule has 0 radical (unpaired) electrons. The molecule has 0 saturated carbocycles. The van der Waals surface area contributed by atoms with E-state index in [0.717, 1.165) is 11.8 Å². The average Bonchev–Trinajstić information content (AvgIpc) is 2.73. The summed E-state index contributed by atoms with van der Waals surface area (Å²) in [4.78, 5) is 0.215. The Morgan fingerprint density at radius 2 is 1.53 bits per heavy atom. The molecule has 0 fully saturated rings. The molecule has 0 aliphatic rings. The normalized spacial score (nSPS) is 12.5. The quantitative estimate of drug-likeness (QED) is 0.284. The van der Waals surface area contributed by atoms with E-state index >= 15 is 0 Å². The summed E-state index contributed by atoms with van der Waals surface area (Å²) in [5.41, 5.74) is 1.33. The van der Waals surface area contributed by atoms with Gasteiger partial charge in [-0.25, -0.2) is 8.42 Å². The standard InChI is InChI=1S/C25H23Cl3N2O3S/c1-25(2,31)23(29)14-22(24-18(26)8-5-9-19(24)27)30-21-11-10-16(13-20(21)28)15-6-4-7-17(12-15)34(3,32)33/h4-14,29-31H,1-3H3/b22-14-,29-23?. The van der Waals surface area contributed by atoms with Gasteiger partial charge in [-0.1, -0.05) is 59.1 Å². The number of anilines is 1. The van der Waals surface area contributed by atoms with Crippen LogP contribution in [-0.2, 0) is 9.84 Å². The van der Waals surface area contributed by atoms with Crippen molar-refractivity contribution in [3.8, 4) is 11.1 Å². The first-order chi connectivity index (χ1) is 15.8. The van der Waals surface area contributed by atoms with Gasteiger partial charge in [-0.15, -0.1) is 0 Å². The highest BCUT2D eigenvalue weighted by molar-refractivity contribution is 7.90. The summed E-state index contributed by atoms with van der Waals surface area (Å²) < 4.78 is 23.8. The van der Waals surface area contributed by atoms with Crippen molar-refractivity contribution in [3.63, 3.8) is 0 Å². The molecule has 0 spiro atoms. The number of halogens is 3. The second-order valence-electron chi connectivity index (χ2n) is 8.25. The summed E-state index contributed by atoms with van der Waals surface area (Å²) in [6.45, 7) is 3.01. The molecule has 0 atom stereocenters. The predicted octanol–water partition coefficient (Wildman–Crippen LogP) is 6.96. The first-order valence-electron chi connectivity index (χ1n) is 10.1. The maximum atomic E-state index is 11.9. The lowest BCUT2D eigenvalue weighted by molar-refractivity contribution is 0.154. The summed E-state index contributed by atoms with van der Waals surface area (Å²) in [6, 6.07) is 16.9. The third-order valence-corrected chi connectivity index (χ3v) is 7.07. The average molecular weight is 538 g/mol. The zero-order chi connectivity index (χ0) is 25.3. The number of hydrogen-bond acceptors (Lipinski definition) is 5. The summed E-state index contributed by atoms with van der Waals surface area (Å²) >= 11 is 19.4. The van der Waals surface area contributed by atoms with Gasteiger partial charge in [0.2, 0.25) is 0 Å². The largest absolute Gasteiger partial charge is 0.384 e. The van der Waals surface area contributed by atoms with Gasteiger partial charge in [0.05, 0.1) is 37.1 Å². The molecule has 0 unspecified atom stereocenters. The summed E-state index contributed by atoms with van der Waals surface area (Å²) in [7, 11) is -3.35. The molecular weight excluding hydrogens is 515 g/mol. The Kier molecular flexibility index (Phi) is 7.80. The monoisotopic (exact) mass is 536 g/mol. The Balaban J connectivity index is 2.05. The SMILES string of the molecule is CC(C)(O)C(=N)/C=C(\Nc1ccc(-c2cccc(S(C)(=O)=O)c2)cc1Cl)c1c(Cl)cccc1Cl. The molecule has 9 heteroatoms. The highest BCUT2D eigenvalue weighted by atomic mass is 35.5. The maximum absolute atomic E-state index is 11.9. The number of hydrogen-bond donors (Lipinski definition) is 3. The van der Waals surface area contributed by atoms with Gasteiger partial charge in [-0.3, -0.25) is 0 Å². The van der Waals surface area contributed by atoms with E-state index in [1.165, 1.54) is 19.9 Å². The predicted molar refractivity (Wildman–Crippen MR) is 142 cm³/mol. The van der Waals surface area contributed by atoms with Crippen LogP contribution in [0.2, 0.25) is 15.1 Å². The van der Waals surface area contributed by atoms with Gasteiger partial charge >= 0.3 is 0 Å². The molecule has 34 heavy (non-hydrogen) atoms. The smallest absolute Gasteiger partial charge is 0.175 e. The molecule has 3 aromatic carbocycles. The zero-order valence-electron chi connectivity index (χ0n) is 18.7. The second kappa shape index (κ2) is 10.1. The summed E-state index contributed by atoms with van der Waals surface area (Å²) in [5.74, 6) is 0. The molecule has 3 aromatic rings. The number of nitrogens with one attached hydrogen (secondary N) is 2. The zero-order valence-corrected chi connectivity index (χ0v) is 21.7. The van der Waals surface area contributed by atoms with E-state index in [2.05, 4.69) is 5.32 Å². The van der Waals surface area contributed by atoms with Crippen molar-refractivity contribution in [2.24, 2.45) is 0 Å². The number of benzene rings is 3. The molecule has 3 N–H and O–H groups in total. The Labute approximate surface area is 214 Å². The summed E-state index contributed by atoms with van der Waals surface area (Å²) in [5, 5.41) is 22.8. The highest BCUT2D eigenvalue weighted by Gasteiger charge is 2.21. The number of aliphatic hydroxyl groups is 1. The topological polar surface area (TPSA) is 90.2 Å². The highest BCUT2D eigenvalue weighted by Crippen LogP contribution is 2.36. The van der Waals surface area contributed by atoms with Gasteiger partial charge in [0.15, 0.2) is 9.84 Å². The minimum absolute atomic E-state index is 0.0590. The van der Waals surface area contributed by atoms with E-state index in [9.17, 15) is 13.5 Å². The van der Waals surface area contributed by atoms with Gasteiger partial charge in [-0.2, -0.15) is 0 Å². The van der Waals surface area contributed by atoms with E-state index < -0.39 is 15.4 Å². The van der Waals surface area contributed by atoms with Gasteiger partial charge in [0.1, 0.15) is 5.60 Å². The second-order valence-corrected chi connectivity index (χ2v) is 11.5. The van der Waals surface area contributed by atoms with Gasteiger partial charge < -0.3 is 15.8 Å². The third-order valence-electron chi connectivity index (χ3n) is 5.01. The maximum Gasteiger partial charge on any atom is 0.175 e. The van der Waals surface area contributed by atoms with Crippen LogP contribution in [0, 0.1) is 5.41 Å². The molecule has 0 amide bonds. The minimum Gasteiger partial charge on any atom is -0.384 e. The molecular formula is C25H23Cl3N2O3S. The van der Waals surface area contributed by atoms with Crippen LogP contribution in [0.15, 0.2) is 71.6 Å². The van der Waals surface area contributed by atoms with E-state index in [0.29, 0.717) is 37.6 Å². The van der Waals surface area contributed by atoms with E-state index in [1.807, 2.05) is 0 Å². The lowest BCUT2D eigenvalue weighted by Gasteiger charge is -2.20. The Morgan fingerprint density at radius 1 is 0.941 bits per heavy atom. The van der Waals surface area contributed by atoms with Crippen molar-refractivity contribution in [3.05, 3.63) is 87.4 Å². The van der Waals surface area contributed by atoms with Crippen molar-refractivity contribution in [1.82, 2.24) is 0 Å². The summed E-state index contributed by atoms with van der Waals surface area (Å²) in [6.07, 6.45) is 2.61. The van der Waals surface area contributed by atoms with Crippen molar-refractivity contribution >= 4 is 61.7 Å². The Hall–Kier alpha value is -2.35. The lowest BCUT2D eigenvalue weighted by Crippen LogP contribution is -2.29. The van der Waals surface area contributed by atoms with Gasteiger partial charge in [-0.05, 0) is 67.4 Å². The van der Waals surface area contributed by atoms with Crippen LogP contribution >= 0.6 is 34.8 Å². The van der Waals surface area contributed by atoms with Crippen LogP contribution in [0.5, 0.6) is 0 Å². The van der Waals surface area contributed by atoms with Crippen LogP contribution < -0.4 is 5.32 Å². The van der Waals surface area contributed by atoms with Crippen molar-refractivity contribution in [1.29, 1.82) is 5.41 Å². The fourth-order valence-corrected chi connectivity index (χ4v) is 4.59. The molecule has 0 heterocycles. The van der Waals surface area contributed by atoms with E-state index in [4.69, 9.17) is 40.2 Å². The number of rotatable bonds is 7. The van der Waals surface area contributed by atoms with Gasteiger partial charge in [0.25, 0.3) is 0 Å². The first-order valence-corrected chi connectivity index (χ1v) is 13.1. The van der Waals surface area contributed by atoms with Crippen molar-refractivity contribution < 1.29 is 13.5 Å². The van der Waals surface area contributed by atoms with Gasteiger partial charge in [0, 0.05) is 11.8 Å². The van der Waals surface area contributed by atoms with E-state index in [-0.39, 0.29) is 10.6 Å². The molecule has 0 saturated heterocycles. The third kappa shape index (κ3) is 6.20. The van der Waals surface area contributed by atoms with Crippen LogP contribution in [0.3, 0.4) is 0 Å². The molecule has 0 bridgehead atoms. The minimum atomic E-state index is -3.35. The molecule has 5 nitrogen and oxygen atoms in total. The van der Waals surface area contributed by atoms with E-state index in [1.54, 1.807) is 60.7 Å². The fraction of sp³-hybridized carbons (Fsp3) is 0.160. The van der Waals surface area contributed by atoms with Crippen molar-refractivity contribution in [2.75, 3.05) is 11.6 Å². The molecule has 0 aromatic heterocycles. The number of sulfone groups is 1. The van der Waals surface area contributed by atoms with Crippen LogP contribution in [0.25, 0.3) is 16.8 Å². The fourth-order valence-electron chi connectivity index (χ4n) is 3.09. The van der Waals surface area contributed by atoms with Crippen LogP contribution in [-0.4, -0.2) is 31.1 Å². The first kappa shape index (κ1) is 26.3. The van der Waals surface area contributed by atoms with Crippen molar-refractivity contribution in [2.45, 2.75) is 24.3 Å². The van der Waals surface area contributed by atoms with Crippen LogP contribution in [0.4, 0.5) is 5.69 Å². The molecule has 0 aliphatic carbocycles.